The van der Waals surface area contributed by atoms with Gasteiger partial charge in [0, 0.05) is 14.6 Å². The summed E-state index contributed by atoms with van der Waals surface area (Å²) in [5.74, 6) is -0.418. The molecule has 0 amide bonds. The number of nitrogen functional groups attached to an aromatic ring is 1. The first-order chi connectivity index (χ1) is 6.57. The van der Waals surface area contributed by atoms with Crippen LogP contribution in [0.2, 0.25) is 0 Å². The standard InChI is InChI=1S/C9H9Br2NO2/c1-2-14-9(13)7-6(12)4-3-5(10)8(7)11/h3-4H,2,12H2,1H3. The fourth-order valence-electron chi connectivity index (χ4n) is 0.976. The zero-order chi connectivity index (χ0) is 10.7. The summed E-state index contributed by atoms with van der Waals surface area (Å²) in [5, 5.41) is 0. The number of hydrogen-bond acceptors (Lipinski definition) is 3. The van der Waals surface area contributed by atoms with Gasteiger partial charge in [0.25, 0.3) is 0 Å². The van der Waals surface area contributed by atoms with Crippen molar-refractivity contribution < 1.29 is 9.53 Å². The first kappa shape index (κ1) is 11.5. The SMILES string of the molecule is CCOC(=O)c1c(N)ccc(Br)c1Br. The molecule has 0 bridgehead atoms. The van der Waals surface area contributed by atoms with E-state index in [1.807, 2.05) is 0 Å². The van der Waals surface area contributed by atoms with Crippen LogP contribution in [0.25, 0.3) is 0 Å². The van der Waals surface area contributed by atoms with E-state index in [4.69, 9.17) is 10.5 Å². The topological polar surface area (TPSA) is 52.3 Å². The van der Waals surface area contributed by atoms with Crippen molar-refractivity contribution in [3.8, 4) is 0 Å². The van der Waals surface area contributed by atoms with Gasteiger partial charge in [-0.3, -0.25) is 0 Å². The first-order valence-corrected chi connectivity index (χ1v) is 5.57. The van der Waals surface area contributed by atoms with E-state index >= 15 is 0 Å². The molecule has 0 radical (unpaired) electrons. The second-order valence-electron chi connectivity index (χ2n) is 2.55. The summed E-state index contributed by atoms with van der Waals surface area (Å²) in [4.78, 5) is 11.5. The maximum absolute atomic E-state index is 11.5. The maximum atomic E-state index is 11.5. The van der Waals surface area contributed by atoms with Gasteiger partial charge in [-0.25, -0.2) is 4.79 Å². The van der Waals surface area contributed by atoms with E-state index in [-0.39, 0.29) is 0 Å². The third-order valence-electron chi connectivity index (χ3n) is 1.61. The van der Waals surface area contributed by atoms with E-state index in [1.165, 1.54) is 0 Å². The highest BCUT2D eigenvalue weighted by molar-refractivity contribution is 9.13. The van der Waals surface area contributed by atoms with Gasteiger partial charge in [0.2, 0.25) is 0 Å². The van der Waals surface area contributed by atoms with Gasteiger partial charge in [-0.1, -0.05) is 0 Å². The molecule has 3 nitrogen and oxygen atoms in total. The quantitative estimate of drug-likeness (QED) is 0.672. The number of carbonyl (C=O) groups excluding carboxylic acids is 1. The molecule has 76 valence electrons. The highest BCUT2D eigenvalue weighted by Crippen LogP contribution is 2.31. The minimum absolute atomic E-state index is 0.331. The van der Waals surface area contributed by atoms with E-state index in [0.717, 1.165) is 4.47 Å². The molecule has 1 aromatic carbocycles. The summed E-state index contributed by atoms with van der Waals surface area (Å²) in [6, 6.07) is 3.42. The molecule has 0 aliphatic carbocycles. The number of anilines is 1. The van der Waals surface area contributed by atoms with Crippen molar-refractivity contribution in [3.63, 3.8) is 0 Å². The van der Waals surface area contributed by atoms with Crippen LogP contribution in [-0.2, 0) is 4.74 Å². The Morgan fingerprint density at radius 2 is 2.14 bits per heavy atom. The van der Waals surface area contributed by atoms with Gasteiger partial charge in [0.1, 0.15) is 0 Å². The van der Waals surface area contributed by atoms with Crippen molar-refractivity contribution in [2.75, 3.05) is 12.3 Å². The van der Waals surface area contributed by atoms with Crippen molar-refractivity contribution >= 4 is 43.5 Å². The molecule has 2 N–H and O–H groups in total. The van der Waals surface area contributed by atoms with Gasteiger partial charge in [-0.2, -0.15) is 0 Å². The van der Waals surface area contributed by atoms with Crippen molar-refractivity contribution in [3.05, 3.63) is 26.6 Å². The Hall–Kier alpha value is -0.550. The average molecular weight is 323 g/mol. The molecule has 0 heterocycles. The van der Waals surface area contributed by atoms with E-state index in [2.05, 4.69) is 31.9 Å². The monoisotopic (exact) mass is 321 g/mol. The van der Waals surface area contributed by atoms with Crippen LogP contribution in [0.3, 0.4) is 0 Å². The first-order valence-electron chi connectivity index (χ1n) is 3.98. The number of hydrogen-bond donors (Lipinski definition) is 1. The molecule has 0 aromatic heterocycles. The maximum Gasteiger partial charge on any atom is 0.341 e. The van der Waals surface area contributed by atoms with Crippen molar-refractivity contribution in [1.29, 1.82) is 0 Å². The number of ether oxygens (including phenoxy) is 1. The normalized spacial score (nSPS) is 9.93. The molecule has 0 spiro atoms. The minimum atomic E-state index is -0.418. The van der Waals surface area contributed by atoms with Crippen LogP contribution in [0.15, 0.2) is 21.1 Å². The Morgan fingerprint density at radius 3 is 2.71 bits per heavy atom. The van der Waals surface area contributed by atoms with Crippen molar-refractivity contribution in [2.24, 2.45) is 0 Å². The average Bonchev–Trinajstić information content (AvgIpc) is 2.13. The number of rotatable bonds is 2. The summed E-state index contributed by atoms with van der Waals surface area (Å²) < 4.78 is 6.27. The van der Waals surface area contributed by atoms with E-state index in [0.29, 0.717) is 22.3 Å². The molecule has 1 aromatic rings. The van der Waals surface area contributed by atoms with Crippen molar-refractivity contribution in [1.82, 2.24) is 0 Å². The number of halogens is 2. The zero-order valence-electron chi connectivity index (χ0n) is 7.51. The van der Waals surface area contributed by atoms with E-state index < -0.39 is 5.97 Å². The molecular formula is C9H9Br2NO2. The largest absolute Gasteiger partial charge is 0.462 e. The van der Waals surface area contributed by atoms with Crippen LogP contribution in [-0.4, -0.2) is 12.6 Å². The predicted octanol–water partition coefficient (Wildman–Crippen LogP) is 2.97. The van der Waals surface area contributed by atoms with Gasteiger partial charge < -0.3 is 10.5 Å². The van der Waals surface area contributed by atoms with Gasteiger partial charge in [0.15, 0.2) is 0 Å². The van der Waals surface area contributed by atoms with Crippen LogP contribution in [0.5, 0.6) is 0 Å². The smallest absolute Gasteiger partial charge is 0.341 e. The third kappa shape index (κ3) is 2.27. The van der Waals surface area contributed by atoms with Gasteiger partial charge in [-0.05, 0) is 50.9 Å². The van der Waals surface area contributed by atoms with E-state index in [9.17, 15) is 4.79 Å². The van der Waals surface area contributed by atoms with Crippen molar-refractivity contribution in [2.45, 2.75) is 6.92 Å². The van der Waals surface area contributed by atoms with Crippen LogP contribution in [0.1, 0.15) is 17.3 Å². The Balaban J connectivity index is 3.18. The lowest BCUT2D eigenvalue weighted by molar-refractivity contribution is 0.0526. The summed E-state index contributed by atoms with van der Waals surface area (Å²) in [7, 11) is 0. The molecular weight excluding hydrogens is 314 g/mol. The Morgan fingerprint density at radius 1 is 1.50 bits per heavy atom. The molecule has 0 aliphatic heterocycles. The minimum Gasteiger partial charge on any atom is -0.462 e. The third-order valence-corrected chi connectivity index (χ3v) is 3.62. The number of benzene rings is 1. The van der Waals surface area contributed by atoms with Crippen LogP contribution in [0, 0.1) is 0 Å². The fraction of sp³-hybridized carbons (Fsp3) is 0.222. The Labute approximate surface area is 98.9 Å². The molecule has 0 saturated heterocycles. The van der Waals surface area contributed by atoms with Crippen LogP contribution in [0.4, 0.5) is 5.69 Å². The lowest BCUT2D eigenvalue weighted by Gasteiger charge is -2.08. The molecule has 0 saturated carbocycles. The second kappa shape index (κ2) is 4.79. The number of nitrogens with two attached hydrogens (primary N) is 1. The van der Waals surface area contributed by atoms with Gasteiger partial charge in [-0.15, -0.1) is 0 Å². The molecule has 0 fully saturated rings. The summed E-state index contributed by atoms with van der Waals surface area (Å²) >= 11 is 6.56. The number of esters is 1. The molecule has 0 aliphatic rings. The van der Waals surface area contributed by atoms with Crippen LogP contribution < -0.4 is 5.73 Å². The van der Waals surface area contributed by atoms with Gasteiger partial charge >= 0.3 is 5.97 Å². The second-order valence-corrected chi connectivity index (χ2v) is 4.19. The highest BCUT2D eigenvalue weighted by Gasteiger charge is 2.16. The molecule has 0 atom stereocenters. The summed E-state index contributed by atoms with van der Waals surface area (Å²) in [6.45, 7) is 2.08. The molecule has 1 rings (SSSR count). The Bertz CT molecular complexity index is 366. The zero-order valence-corrected chi connectivity index (χ0v) is 10.7. The number of carbonyl (C=O) groups is 1. The molecule has 14 heavy (non-hydrogen) atoms. The highest BCUT2D eigenvalue weighted by atomic mass is 79.9. The predicted molar refractivity (Wildman–Crippen MR) is 62.2 cm³/mol. The Kier molecular flexibility index (Phi) is 3.95. The summed E-state index contributed by atoms with van der Waals surface area (Å²) in [5.41, 5.74) is 6.43. The summed E-state index contributed by atoms with van der Waals surface area (Å²) in [6.07, 6.45) is 0. The molecule has 0 unspecified atom stereocenters. The lowest BCUT2D eigenvalue weighted by atomic mass is 10.2. The molecule has 5 heteroatoms. The van der Waals surface area contributed by atoms with Gasteiger partial charge in [0.05, 0.1) is 12.2 Å². The fourth-order valence-corrected chi connectivity index (χ4v) is 1.83. The van der Waals surface area contributed by atoms with E-state index in [1.54, 1.807) is 19.1 Å². The lowest BCUT2D eigenvalue weighted by Crippen LogP contribution is -2.09. The van der Waals surface area contributed by atoms with Crippen LogP contribution >= 0.6 is 31.9 Å².